The Kier molecular flexibility index (Phi) is 5.01. The van der Waals surface area contributed by atoms with E-state index >= 15 is 0 Å². The first kappa shape index (κ1) is 17.4. The molecule has 122 valence electrons. The molecule has 0 bridgehead atoms. The van der Waals surface area contributed by atoms with Gasteiger partial charge in [-0.1, -0.05) is 29.8 Å². The molecule has 7 heteroatoms. The molecular formula is C16H13F3O3S. The highest BCUT2D eigenvalue weighted by Crippen LogP contribution is 2.32. The lowest BCUT2D eigenvalue weighted by Crippen LogP contribution is -2.14. The van der Waals surface area contributed by atoms with Crippen LogP contribution in [0.5, 0.6) is 0 Å². The summed E-state index contributed by atoms with van der Waals surface area (Å²) in [4.78, 5) is 11.1. The van der Waals surface area contributed by atoms with Gasteiger partial charge in [0.1, 0.15) is 11.3 Å². The van der Waals surface area contributed by atoms with E-state index in [1.807, 2.05) is 19.1 Å². The normalized spacial score (nSPS) is 12.9. The maximum atomic E-state index is 12.7. The second-order valence-electron chi connectivity index (χ2n) is 4.99. The lowest BCUT2D eigenvalue weighted by Gasteiger charge is -2.14. The van der Waals surface area contributed by atoms with Crippen molar-refractivity contribution in [1.82, 2.24) is 0 Å². The van der Waals surface area contributed by atoms with Crippen molar-refractivity contribution in [3.63, 3.8) is 0 Å². The molecule has 2 aromatic rings. The molecule has 3 nitrogen and oxygen atoms in total. The van der Waals surface area contributed by atoms with Gasteiger partial charge in [0.15, 0.2) is 4.90 Å². The maximum absolute atomic E-state index is 12.7. The standard InChI is InChI=1S/C16H13F3O3S/c1-10-2-4-11(5-3-10)9-23(22)14-7-6-12(16(17,18)19)8-13(14)15(20)21/h2-8H,9H2,1H3,(H,20,21). The minimum atomic E-state index is -4.65. The molecule has 0 aromatic heterocycles. The highest BCUT2D eigenvalue weighted by molar-refractivity contribution is 7.90. The van der Waals surface area contributed by atoms with Crippen molar-refractivity contribution in [2.45, 2.75) is 23.7 Å². The molecule has 0 aliphatic rings. The first-order chi connectivity index (χ1) is 10.7. The average Bonchev–Trinajstić information content (AvgIpc) is 2.48. The van der Waals surface area contributed by atoms with E-state index in [-0.39, 0.29) is 10.6 Å². The topological polar surface area (TPSA) is 60.4 Å². The predicted molar refractivity (Wildman–Crippen MR) is 79.7 cm³/mol. The zero-order valence-corrected chi connectivity index (χ0v) is 12.9. The van der Waals surface area contributed by atoms with Crippen LogP contribution in [0.3, 0.4) is 0 Å². The Morgan fingerprint density at radius 2 is 1.78 bits per heavy atom. The smallest absolute Gasteiger partial charge is 0.416 e. The van der Waals surface area contributed by atoms with Crippen LogP contribution in [0.1, 0.15) is 27.0 Å². The molecule has 0 amide bonds. The number of carbonyl (C=O) groups is 1. The van der Waals surface area contributed by atoms with Gasteiger partial charge in [-0.25, -0.2) is 4.79 Å². The maximum Gasteiger partial charge on any atom is 0.416 e. The Hall–Kier alpha value is -1.99. The molecule has 2 aromatic carbocycles. The predicted octanol–water partition coefficient (Wildman–Crippen LogP) is 4.02. The van der Waals surface area contributed by atoms with Crippen LogP contribution in [-0.2, 0) is 23.1 Å². The molecule has 1 unspecified atom stereocenters. The van der Waals surface area contributed by atoms with E-state index in [2.05, 4.69) is 0 Å². The van der Waals surface area contributed by atoms with Crippen LogP contribution in [0.4, 0.5) is 13.2 Å². The zero-order valence-electron chi connectivity index (χ0n) is 12.1. The number of rotatable bonds is 4. The summed E-state index contributed by atoms with van der Waals surface area (Å²) < 4.78 is 50.4. The fraction of sp³-hybridized carbons (Fsp3) is 0.188. The average molecular weight is 342 g/mol. The van der Waals surface area contributed by atoms with Gasteiger partial charge < -0.3 is 9.66 Å². The number of hydrogen-bond donors (Lipinski definition) is 1. The van der Waals surface area contributed by atoms with Gasteiger partial charge in [0.25, 0.3) is 0 Å². The Balaban J connectivity index is 2.34. The fourth-order valence-corrected chi connectivity index (χ4v) is 3.25. The summed E-state index contributed by atoms with van der Waals surface area (Å²) in [6.07, 6.45) is -4.65. The van der Waals surface area contributed by atoms with Gasteiger partial charge in [0.2, 0.25) is 0 Å². The van der Waals surface area contributed by atoms with Crippen molar-refractivity contribution >= 4 is 17.1 Å². The van der Waals surface area contributed by atoms with Crippen molar-refractivity contribution in [2.24, 2.45) is 0 Å². The van der Waals surface area contributed by atoms with Gasteiger partial charge in [-0.15, -0.1) is 0 Å². The second kappa shape index (κ2) is 6.64. The molecule has 23 heavy (non-hydrogen) atoms. The fourth-order valence-electron chi connectivity index (χ4n) is 1.99. The number of aromatic carboxylic acids is 1. The molecule has 0 fully saturated rings. The second-order valence-corrected chi connectivity index (χ2v) is 6.41. The molecular weight excluding hydrogens is 329 g/mol. The van der Waals surface area contributed by atoms with E-state index in [1.165, 1.54) is 0 Å². The highest BCUT2D eigenvalue weighted by Gasteiger charge is 2.33. The highest BCUT2D eigenvalue weighted by atomic mass is 32.2. The van der Waals surface area contributed by atoms with Gasteiger partial charge in [0, 0.05) is 5.56 Å². The lowest BCUT2D eigenvalue weighted by molar-refractivity contribution is -0.137. The van der Waals surface area contributed by atoms with Crippen LogP contribution in [0, 0.1) is 6.92 Å². The van der Waals surface area contributed by atoms with Crippen molar-refractivity contribution in [1.29, 1.82) is 0 Å². The summed E-state index contributed by atoms with van der Waals surface area (Å²) in [5, 5.41) is 9.11. The number of carboxylic acids is 1. The van der Waals surface area contributed by atoms with Crippen molar-refractivity contribution in [3.05, 3.63) is 64.7 Å². The van der Waals surface area contributed by atoms with E-state index in [1.54, 1.807) is 12.1 Å². The molecule has 1 atom stereocenters. The van der Waals surface area contributed by atoms with E-state index < -0.39 is 34.4 Å². The summed E-state index contributed by atoms with van der Waals surface area (Å²) in [5.41, 5.74) is 0.0571. The molecule has 0 heterocycles. The molecule has 0 saturated heterocycles. The number of halogens is 3. The number of hydrogen-bond acceptors (Lipinski definition) is 2. The number of alkyl halides is 3. The monoisotopic (exact) mass is 342 g/mol. The minimum Gasteiger partial charge on any atom is -0.611 e. The molecule has 0 aliphatic carbocycles. The van der Waals surface area contributed by atoms with Crippen LogP contribution in [0.25, 0.3) is 0 Å². The molecule has 1 N–H and O–H groups in total. The molecule has 0 radical (unpaired) electrons. The summed E-state index contributed by atoms with van der Waals surface area (Å²) in [7, 11) is 0. The van der Waals surface area contributed by atoms with Gasteiger partial charge in [0.05, 0.1) is 5.56 Å². The van der Waals surface area contributed by atoms with Crippen molar-refractivity contribution < 1.29 is 27.6 Å². The van der Waals surface area contributed by atoms with Crippen LogP contribution in [-0.4, -0.2) is 15.6 Å². The Morgan fingerprint density at radius 1 is 1.17 bits per heavy atom. The molecule has 0 spiro atoms. The Labute approximate surface area is 133 Å². The third-order valence-electron chi connectivity index (χ3n) is 3.20. The van der Waals surface area contributed by atoms with Crippen LogP contribution >= 0.6 is 0 Å². The van der Waals surface area contributed by atoms with Crippen LogP contribution in [0.15, 0.2) is 47.4 Å². The largest absolute Gasteiger partial charge is 0.611 e. The van der Waals surface area contributed by atoms with Gasteiger partial charge in [-0.05, 0) is 36.3 Å². The Morgan fingerprint density at radius 3 is 2.30 bits per heavy atom. The Bertz CT molecular complexity index is 712. The third kappa shape index (κ3) is 4.27. The van der Waals surface area contributed by atoms with Gasteiger partial charge >= 0.3 is 12.1 Å². The quantitative estimate of drug-likeness (QED) is 0.854. The van der Waals surface area contributed by atoms with E-state index in [0.717, 1.165) is 17.7 Å². The minimum absolute atomic E-state index is 0.0337. The first-order valence-electron chi connectivity index (χ1n) is 6.57. The summed E-state index contributed by atoms with van der Waals surface area (Å²) >= 11 is -1.76. The van der Waals surface area contributed by atoms with Crippen molar-refractivity contribution in [3.8, 4) is 0 Å². The van der Waals surface area contributed by atoms with Crippen molar-refractivity contribution in [2.75, 3.05) is 0 Å². The summed E-state index contributed by atoms with van der Waals surface area (Å²) in [6, 6.07) is 9.36. The summed E-state index contributed by atoms with van der Waals surface area (Å²) in [5.74, 6) is -1.50. The van der Waals surface area contributed by atoms with E-state index in [4.69, 9.17) is 5.11 Å². The molecule has 0 aliphatic heterocycles. The molecule has 2 rings (SSSR count). The number of carboxylic acid groups (broad SMARTS) is 1. The van der Waals surface area contributed by atoms with E-state index in [0.29, 0.717) is 11.6 Å². The number of benzene rings is 2. The van der Waals surface area contributed by atoms with Crippen LogP contribution < -0.4 is 0 Å². The molecule has 0 saturated carbocycles. The third-order valence-corrected chi connectivity index (χ3v) is 4.64. The zero-order chi connectivity index (χ0) is 17.2. The summed E-state index contributed by atoms with van der Waals surface area (Å²) in [6.45, 7) is 1.89. The van der Waals surface area contributed by atoms with Gasteiger partial charge in [-0.3, -0.25) is 0 Å². The SMILES string of the molecule is Cc1ccc(C[S+]([O-])c2ccc(C(F)(F)F)cc2C(=O)O)cc1. The van der Waals surface area contributed by atoms with Gasteiger partial charge in [-0.2, -0.15) is 13.2 Å². The first-order valence-corrected chi connectivity index (χ1v) is 7.89. The lowest BCUT2D eigenvalue weighted by atomic mass is 10.1. The van der Waals surface area contributed by atoms with Crippen LogP contribution in [0.2, 0.25) is 0 Å². The number of aryl methyl sites for hydroxylation is 1. The van der Waals surface area contributed by atoms with E-state index in [9.17, 15) is 22.5 Å².